The normalized spacial score (nSPS) is 12.6. The number of aromatic nitrogens is 2. The summed E-state index contributed by atoms with van der Waals surface area (Å²) in [5, 5.41) is 0. The average molecular weight is 222 g/mol. The second kappa shape index (κ2) is 8.19. The maximum atomic E-state index is 5.54. The first-order valence-electron chi connectivity index (χ1n) is 6.10. The van der Waals surface area contributed by atoms with Crippen molar-refractivity contribution in [2.75, 3.05) is 0 Å². The maximum absolute atomic E-state index is 5.54. The molecule has 4 heteroatoms. The predicted octanol–water partition coefficient (Wildman–Crippen LogP) is 2.34. The van der Waals surface area contributed by atoms with Gasteiger partial charge in [0, 0.05) is 6.20 Å². The van der Waals surface area contributed by atoms with Crippen LogP contribution < -0.4 is 11.3 Å². The molecule has 0 spiro atoms. The van der Waals surface area contributed by atoms with Gasteiger partial charge < -0.3 is 0 Å². The molecular formula is C12H22N4. The average Bonchev–Trinajstić information content (AvgIpc) is 2.35. The largest absolute Gasteiger partial charge is 0.271 e. The fourth-order valence-corrected chi connectivity index (χ4v) is 1.78. The number of unbranched alkanes of at least 4 members (excludes halogenated alkanes) is 4. The molecule has 0 radical (unpaired) electrons. The first kappa shape index (κ1) is 13.1. The predicted molar refractivity (Wildman–Crippen MR) is 65.5 cm³/mol. The van der Waals surface area contributed by atoms with Gasteiger partial charge in [0.05, 0.1) is 11.7 Å². The van der Waals surface area contributed by atoms with E-state index in [1.807, 2.05) is 6.07 Å². The number of hydrogen-bond donors (Lipinski definition) is 2. The molecule has 1 aromatic heterocycles. The van der Waals surface area contributed by atoms with Crippen molar-refractivity contribution < 1.29 is 0 Å². The van der Waals surface area contributed by atoms with E-state index in [4.69, 9.17) is 5.84 Å². The summed E-state index contributed by atoms with van der Waals surface area (Å²) in [6.07, 6.45) is 10.8. The Balaban J connectivity index is 2.27. The quantitative estimate of drug-likeness (QED) is 0.402. The molecule has 0 saturated carbocycles. The highest BCUT2D eigenvalue weighted by Gasteiger charge is 2.09. The van der Waals surface area contributed by atoms with E-state index in [2.05, 4.69) is 22.3 Å². The number of hydrogen-bond acceptors (Lipinski definition) is 4. The zero-order valence-corrected chi connectivity index (χ0v) is 10.0. The van der Waals surface area contributed by atoms with E-state index in [0.717, 1.165) is 12.1 Å². The maximum Gasteiger partial charge on any atom is 0.115 e. The van der Waals surface area contributed by atoms with Gasteiger partial charge in [-0.15, -0.1) is 0 Å². The van der Waals surface area contributed by atoms with Gasteiger partial charge in [-0.25, -0.2) is 9.97 Å². The van der Waals surface area contributed by atoms with Crippen LogP contribution in [-0.4, -0.2) is 9.97 Å². The van der Waals surface area contributed by atoms with Crippen molar-refractivity contribution in [3.05, 3.63) is 24.3 Å². The molecule has 1 unspecified atom stereocenters. The summed E-state index contributed by atoms with van der Waals surface area (Å²) in [4.78, 5) is 8.11. The summed E-state index contributed by atoms with van der Waals surface area (Å²) in [6.45, 7) is 2.23. The third kappa shape index (κ3) is 4.68. The van der Waals surface area contributed by atoms with Crippen LogP contribution in [0.3, 0.4) is 0 Å². The number of nitrogens with zero attached hydrogens (tertiary/aromatic N) is 2. The van der Waals surface area contributed by atoms with E-state index >= 15 is 0 Å². The zero-order valence-electron chi connectivity index (χ0n) is 10.0. The van der Waals surface area contributed by atoms with Gasteiger partial charge in [0.25, 0.3) is 0 Å². The molecule has 0 aliphatic carbocycles. The summed E-state index contributed by atoms with van der Waals surface area (Å²) < 4.78 is 0. The van der Waals surface area contributed by atoms with Crippen molar-refractivity contribution in [3.63, 3.8) is 0 Å². The van der Waals surface area contributed by atoms with Gasteiger partial charge in [0.1, 0.15) is 6.33 Å². The fourth-order valence-electron chi connectivity index (χ4n) is 1.78. The molecule has 0 aliphatic rings. The third-order valence-corrected chi connectivity index (χ3v) is 2.76. The van der Waals surface area contributed by atoms with Gasteiger partial charge in [-0.3, -0.25) is 11.3 Å². The molecular weight excluding hydrogens is 200 g/mol. The Morgan fingerprint density at radius 3 is 2.75 bits per heavy atom. The lowest BCUT2D eigenvalue weighted by Gasteiger charge is -2.14. The molecule has 90 valence electrons. The van der Waals surface area contributed by atoms with E-state index in [9.17, 15) is 0 Å². The van der Waals surface area contributed by atoms with E-state index < -0.39 is 0 Å². The molecule has 1 aromatic rings. The van der Waals surface area contributed by atoms with Crippen LogP contribution >= 0.6 is 0 Å². The SMILES string of the molecule is CCCCCCCC(NN)c1ccncn1. The summed E-state index contributed by atoms with van der Waals surface area (Å²) in [7, 11) is 0. The Morgan fingerprint density at radius 1 is 1.31 bits per heavy atom. The Labute approximate surface area is 97.7 Å². The molecule has 0 fully saturated rings. The second-order valence-corrected chi connectivity index (χ2v) is 4.06. The molecule has 0 aromatic carbocycles. The van der Waals surface area contributed by atoms with Crippen LogP contribution in [0, 0.1) is 0 Å². The van der Waals surface area contributed by atoms with Crippen LogP contribution in [0.25, 0.3) is 0 Å². The lowest BCUT2D eigenvalue weighted by atomic mass is 10.0. The van der Waals surface area contributed by atoms with Gasteiger partial charge >= 0.3 is 0 Å². The molecule has 1 rings (SSSR count). The summed E-state index contributed by atoms with van der Waals surface area (Å²) in [6, 6.07) is 2.07. The number of nitrogens with two attached hydrogens (primary N) is 1. The molecule has 16 heavy (non-hydrogen) atoms. The Morgan fingerprint density at radius 2 is 2.12 bits per heavy atom. The molecule has 0 aliphatic heterocycles. The Hall–Kier alpha value is -1.00. The summed E-state index contributed by atoms with van der Waals surface area (Å²) in [5.41, 5.74) is 3.80. The Bertz CT molecular complexity index is 263. The highest BCUT2D eigenvalue weighted by atomic mass is 15.2. The van der Waals surface area contributed by atoms with Gasteiger partial charge in [-0.1, -0.05) is 39.0 Å². The van der Waals surface area contributed by atoms with Crippen LogP contribution in [0.15, 0.2) is 18.6 Å². The first-order chi connectivity index (χ1) is 7.88. The summed E-state index contributed by atoms with van der Waals surface area (Å²) >= 11 is 0. The number of rotatable bonds is 8. The monoisotopic (exact) mass is 222 g/mol. The minimum atomic E-state index is 0.157. The third-order valence-electron chi connectivity index (χ3n) is 2.76. The van der Waals surface area contributed by atoms with Crippen molar-refractivity contribution in [1.82, 2.24) is 15.4 Å². The molecule has 0 amide bonds. The smallest absolute Gasteiger partial charge is 0.115 e. The Kier molecular flexibility index (Phi) is 6.69. The van der Waals surface area contributed by atoms with Crippen molar-refractivity contribution >= 4 is 0 Å². The van der Waals surface area contributed by atoms with E-state index in [0.29, 0.717) is 0 Å². The minimum Gasteiger partial charge on any atom is -0.271 e. The lowest BCUT2D eigenvalue weighted by molar-refractivity contribution is 0.469. The standard InChI is InChI=1S/C12H22N4/c1-2-3-4-5-6-7-12(16-13)11-8-9-14-10-15-11/h8-10,12,16H,2-7,13H2,1H3. The summed E-state index contributed by atoms with van der Waals surface area (Å²) in [5.74, 6) is 5.54. The highest BCUT2D eigenvalue weighted by molar-refractivity contribution is 5.03. The van der Waals surface area contributed by atoms with Crippen molar-refractivity contribution in [3.8, 4) is 0 Å². The van der Waals surface area contributed by atoms with E-state index in [1.54, 1.807) is 12.5 Å². The van der Waals surface area contributed by atoms with Gasteiger partial charge in [-0.2, -0.15) is 0 Å². The lowest BCUT2D eigenvalue weighted by Crippen LogP contribution is -2.28. The van der Waals surface area contributed by atoms with Crippen molar-refractivity contribution in [2.24, 2.45) is 5.84 Å². The molecule has 0 bridgehead atoms. The number of hydrazine groups is 1. The van der Waals surface area contributed by atoms with Crippen molar-refractivity contribution in [1.29, 1.82) is 0 Å². The van der Waals surface area contributed by atoms with Crippen LogP contribution in [0.5, 0.6) is 0 Å². The van der Waals surface area contributed by atoms with Crippen molar-refractivity contribution in [2.45, 2.75) is 51.5 Å². The van der Waals surface area contributed by atoms with Crippen LogP contribution in [0.1, 0.15) is 57.2 Å². The molecule has 1 atom stereocenters. The zero-order chi connectivity index (χ0) is 11.6. The van der Waals surface area contributed by atoms with Gasteiger partial charge in [-0.05, 0) is 12.5 Å². The minimum absolute atomic E-state index is 0.157. The topological polar surface area (TPSA) is 63.8 Å². The van der Waals surface area contributed by atoms with E-state index in [1.165, 1.54) is 32.1 Å². The van der Waals surface area contributed by atoms with E-state index in [-0.39, 0.29) is 6.04 Å². The van der Waals surface area contributed by atoms with Gasteiger partial charge in [0.15, 0.2) is 0 Å². The van der Waals surface area contributed by atoms with Crippen LogP contribution in [-0.2, 0) is 0 Å². The van der Waals surface area contributed by atoms with Crippen LogP contribution in [0.4, 0.5) is 0 Å². The molecule has 1 heterocycles. The molecule has 0 saturated heterocycles. The number of nitrogens with one attached hydrogen (secondary N) is 1. The molecule has 4 nitrogen and oxygen atoms in total. The fraction of sp³-hybridized carbons (Fsp3) is 0.667. The molecule has 3 N–H and O–H groups in total. The first-order valence-corrected chi connectivity index (χ1v) is 6.10. The highest BCUT2D eigenvalue weighted by Crippen LogP contribution is 2.16. The van der Waals surface area contributed by atoms with Gasteiger partial charge in [0.2, 0.25) is 0 Å². The second-order valence-electron chi connectivity index (χ2n) is 4.06. The van der Waals surface area contributed by atoms with Crippen LogP contribution in [0.2, 0.25) is 0 Å².